The van der Waals surface area contributed by atoms with Gasteiger partial charge in [-0.1, -0.05) is 27.0 Å². The third kappa shape index (κ3) is 2.66. The molecule has 0 N–H and O–H groups in total. The molecular weight excluding hydrogens is 247 g/mol. The average molecular weight is 252 g/mol. The maximum absolute atomic E-state index is 12.8. The number of rotatable bonds is 2. The monoisotopic (exact) mass is 251 g/mol. The van der Waals surface area contributed by atoms with Crippen LogP contribution in [0.25, 0.3) is 0 Å². The van der Waals surface area contributed by atoms with Crippen molar-refractivity contribution in [1.29, 1.82) is 0 Å². The normalized spacial score (nSPS) is 12.9. The molecule has 1 unspecified atom stereocenters. The third-order valence-corrected chi connectivity index (χ3v) is 2.32. The van der Waals surface area contributed by atoms with Gasteiger partial charge in [0.1, 0.15) is 5.82 Å². The van der Waals surface area contributed by atoms with Crippen molar-refractivity contribution in [3.05, 3.63) is 34.1 Å². The van der Waals surface area contributed by atoms with Crippen LogP contribution in [-0.4, -0.2) is 8.76 Å². The summed E-state index contributed by atoms with van der Waals surface area (Å²) in [6, 6.07) is 4.20. The second-order valence-corrected chi connectivity index (χ2v) is 4.00. The minimum absolute atomic E-state index is 0.178. The lowest BCUT2D eigenvalue weighted by molar-refractivity contribution is 0.533. The summed E-state index contributed by atoms with van der Waals surface area (Å²) in [7, 11) is 0. The molecule has 0 amide bonds. The summed E-state index contributed by atoms with van der Waals surface area (Å²) in [6.07, 6.45) is 0. The van der Waals surface area contributed by atoms with Gasteiger partial charge >= 0.3 is 0 Å². The van der Waals surface area contributed by atoms with Crippen LogP contribution in [0.2, 0.25) is 0 Å². The number of hydrogen-bond acceptors (Lipinski definition) is 2. The molecule has 1 rings (SSSR count). The molecule has 1 atom stereocenters. The number of halogens is 2. The standard InChI is InChI=1S/C7H6BrFO2S/c8-6-1-2-7(9)5(3-6)4-12(10)11/h1-3H,4H2,(H,10,11)/p-1. The van der Waals surface area contributed by atoms with Gasteiger partial charge in [-0.05, 0) is 18.2 Å². The molecular formula is C7H5BrFO2S-. The average Bonchev–Trinajstić information content (AvgIpc) is 1.96. The molecule has 0 saturated heterocycles. The summed E-state index contributed by atoms with van der Waals surface area (Å²) in [5.74, 6) is -0.784. The highest BCUT2D eigenvalue weighted by Gasteiger charge is 2.01. The van der Waals surface area contributed by atoms with Crippen LogP contribution in [0.15, 0.2) is 22.7 Å². The summed E-state index contributed by atoms with van der Waals surface area (Å²) >= 11 is 0.873. The molecule has 12 heavy (non-hydrogen) atoms. The molecule has 0 aromatic heterocycles. The Kier molecular flexibility index (Phi) is 3.37. The van der Waals surface area contributed by atoms with Gasteiger partial charge in [0.25, 0.3) is 0 Å². The van der Waals surface area contributed by atoms with E-state index in [0.717, 1.165) is 0 Å². The van der Waals surface area contributed by atoms with E-state index in [0.29, 0.717) is 4.47 Å². The summed E-state index contributed by atoms with van der Waals surface area (Å²) in [4.78, 5) is 0. The molecule has 0 bridgehead atoms. The zero-order valence-corrected chi connectivity index (χ0v) is 8.32. The van der Waals surface area contributed by atoms with Gasteiger partial charge in [0.05, 0.1) is 0 Å². The van der Waals surface area contributed by atoms with Gasteiger partial charge in [-0.25, -0.2) is 4.39 Å². The van der Waals surface area contributed by atoms with E-state index in [1.165, 1.54) is 18.2 Å². The lowest BCUT2D eigenvalue weighted by Crippen LogP contribution is -1.96. The molecule has 66 valence electrons. The smallest absolute Gasteiger partial charge is 0.127 e. The summed E-state index contributed by atoms with van der Waals surface area (Å²) < 4.78 is 34.0. The van der Waals surface area contributed by atoms with Crippen LogP contribution < -0.4 is 0 Å². The Hall–Kier alpha value is -0.260. The van der Waals surface area contributed by atoms with Crippen molar-refractivity contribution in [1.82, 2.24) is 0 Å². The van der Waals surface area contributed by atoms with Gasteiger partial charge in [-0.2, -0.15) is 0 Å². The van der Waals surface area contributed by atoms with Gasteiger partial charge in [0.2, 0.25) is 0 Å². The minimum Gasteiger partial charge on any atom is -0.772 e. The Morgan fingerprint density at radius 2 is 2.25 bits per heavy atom. The van der Waals surface area contributed by atoms with Gasteiger partial charge in [0, 0.05) is 15.8 Å². The summed E-state index contributed by atoms with van der Waals surface area (Å²) in [5.41, 5.74) is 0.178. The molecule has 1 aromatic rings. The Morgan fingerprint density at radius 1 is 1.58 bits per heavy atom. The SMILES string of the molecule is O=S([O-])Cc1cc(Br)ccc1F. The van der Waals surface area contributed by atoms with Gasteiger partial charge in [-0.3, -0.25) is 4.21 Å². The van der Waals surface area contributed by atoms with E-state index in [4.69, 9.17) is 0 Å². The molecule has 0 radical (unpaired) electrons. The maximum Gasteiger partial charge on any atom is 0.127 e. The van der Waals surface area contributed by atoms with Crippen molar-refractivity contribution in [3.8, 4) is 0 Å². The topological polar surface area (TPSA) is 40.1 Å². The number of benzene rings is 1. The quantitative estimate of drug-likeness (QED) is 0.755. The second-order valence-electron chi connectivity index (χ2n) is 2.18. The van der Waals surface area contributed by atoms with E-state index in [9.17, 15) is 13.2 Å². The molecule has 1 aromatic carbocycles. The van der Waals surface area contributed by atoms with Crippen molar-refractivity contribution in [2.45, 2.75) is 5.75 Å². The summed E-state index contributed by atoms with van der Waals surface area (Å²) in [5, 5.41) is 0. The van der Waals surface area contributed by atoms with E-state index in [-0.39, 0.29) is 11.3 Å². The molecule has 0 aliphatic rings. The van der Waals surface area contributed by atoms with Crippen LogP contribution >= 0.6 is 15.9 Å². The maximum atomic E-state index is 12.8. The Morgan fingerprint density at radius 3 is 2.83 bits per heavy atom. The fraction of sp³-hybridized carbons (Fsp3) is 0.143. The first kappa shape index (κ1) is 9.83. The lowest BCUT2D eigenvalue weighted by Gasteiger charge is -2.05. The largest absolute Gasteiger partial charge is 0.772 e. The minimum atomic E-state index is -2.25. The van der Waals surface area contributed by atoms with E-state index in [1.54, 1.807) is 0 Å². The first-order chi connectivity index (χ1) is 5.59. The van der Waals surface area contributed by atoms with Gasteiger partial charge < -0.3 is 4.55 Å². The van der Waals surface area contributed by atoms with Crippen molar-refractivity contribution >= 4 is 27.0 Å². The molecule has 0 aliphatic heterocycles. The fourth-order valence-electron chi connectivity index (χ4n) is 0.781. The molecule has 0 aliphatic carbocycles. The lowest BCUT2D eigenvalue weighted by atomic mass is 10.2. The third-order valence-electron chi connectivity index (χ3n) is 1.28. The molecule has 2 nitrogen and oxygen atoms in total. The zero-order chi connectivity index (χ0) is 9.14. The molecule has 0 spiro atoms. The van der Waals surface area contributed by atoms with Crippen LogP contribution in [0.3, 0.4) is 0 Å². The highest BCUT2D eigenvalue weighted by atomic mass is 79.9. The van der Waals surface area contributed by atoms with E-state index in [2.05, 4.69) is 15.9 Å². The molecule has 0 fully saturated rings. The Labute approximate surface area is 80.2 Å². The fourth-order valence-corrected chi connectivity index (χ4v) is 1.66. The highest BCUT2D eigenvalue weighted by Crippen LogP contribution is 2.16. The van der Waals surface area contributed by atoms with Gasteiger partial charge in [0.15, 0.2) is 0 Å². The number of hydrogen-bond donors (Lipinski definition) is 0. The first-order valence-electron chi connectivity index (χ1n) is 3.09. The van der Waals surface area contributed by atoms with Crippen LogP contribution in [-0.2, 0) is 16.8 Å². The van der Waals surface area contributed by atoms with Crippen molar-refractivity contribution < 1.29 is 13.2 Å². The second kappa shape index (κ2) is 4.11. The van der Waals surface area contributed by atoms with Crippen LogP contribution in [0, 0.1) is 5.82 Å². The van der Waals surface area contributed by atoms with E-state index < -0.39 is 16.9 Å². The van der Waals surface area contributed by atoms with Gasteiger partial charge in [-0.15, -0.1) is 0 Å². The predicted octanol–water partition coefficient (Wildman–Crippen LogP) is 1.97. The molecule has 0 heterocycles. The van der Waals surface area contributed by atoms with Crippen LogP contribution in [0.1, 0.15) is 5.56 Å². The Balaban J connectivity index is 2.97. The molecule has 0 saturated carbocycles. The van der Waals surface area contributed by atoms with Crippen molar-refractivity contribution in [2.24, 2.45) is 0 Å². The van der Waals surface area contributed by atoms with Crippen molar-refractivity contribution in [2.75, 3.05) is 0 Å². The first-order valence-corrected chi connectivity index (χ1v) is 5.13. The van der Waals surface area contributed by atoms with Crippen molar-refractivity contribution in [3.63, 3.8) is 0 Å². The zero-order valence-electron chi connectivity index (χ0n) is 5.92. The Bertz CT molecular complexity index is 316. The predicted molar refractivity (Wildman–Crippen MR) is 46.7 cm³/mol. The van der Waals surface area contributed by atoms with E-state index >= 15 is 0 Å². The molecule has 5 heteroatoms. The van der Waals surface area contributed by atoms with Crippen LogP contribution in [0.5, 0.6) is 0 Å². The van der Waals surface area contributed by atoms with Crippen LogP contribution in [0.4, 0.5) is 4.39 Å². The highest BCUT2D eigenvalue weighted by molar-refractivity contribution is 9.10. The van der Waals surface area contributed by atoms with E-state index in [1.807, 2.05) is 0 Å². The summed E-state index contributed by atoms with van der Waals surface area (Å²) in [6.45, 7) is 0.